The third-order valence-electron chi connectivity index (χ3n) is 6.41. The van der Waals surface area contributed by atoms with Crippen LogP contribution in [-0.4, -0.2) is 6.18 Å². The second kappa shape index (κ2) is 11.0. The fourth-order valence-corrected chi connectivity index (χ4v) is 4.35. The molecule has 0 spiro atoms. The van der Waals surface area contributed by atoms with Crippen LogP contribution < -0.4 is 4.90 Å². The summed E-state index contributed by atoms with van der Waals surface area (Å²) in [5, 5.41) is 0. The summed E-state index contributed by atoms with van der Waals surface area (Å²) in [5.74, 6) is 0. The molecule has 4 aromatic carbocycles. The van der Waals surface area contributed by atoms with Gasteiger partial charge in [0.15, 0.2) is 0 Å². The number of hydrogen-bond donors (Lipinski definition) is 0. The highest BCUT2D eigenvalue weighted by molar-refractivity contribution is 5.81. The summed E-state index contributed by atoms with van der Waals surface area (Å²) in [6.45, 7) is 2.52. The molecule has 214 valence electrons. The largest absolute Gasteiger partial charge is 0.417 e. The van der Waals surface area contributed by atoms with E-state index in [1.54, 1.807) is 60.4 Å². The first kappa shape index (κ1) is 29.8. The maximum absolute atomic E-state index is 13.8. The van der Waals surface area contributed by atoms with Gasteiger partial charge in [0.05, 0.1) is 11.1 Å². The van der Waals surface area contributed by atoms with Crippen molar-refractivity contribution in [1.29, 1.82) is 0 Å². The molecule has 0 fully saturated rings. The van der Waals surface area contributed by atoms with Crippen LogP contribution in [0.3, 0.4) is 0 Å². The van der Waals surface area contributed by atoms with E-state index < -0.39 is 40.8 Å². The second-order valence-electron chi connectivity index (χ2n) is 9.34. The van der Waals surface area contributed by atoms with E-state index in [2.05, 4.69) is 0 Å². The maximum atomic E-state index is 13.8. The first-order valence-electron chi connectivity index (χ1n) is 12.2. The molecule has 41 heavy (non-hydrogen) atoms. The normalized spacial score (nSPS) is 12.9. The number of para-hydroxylation sites is 1. The molecule has 0 aromatic heterocycles. The fourth-order valence-electron chi connectivity index (χ4n) is 4.35. The van der Waals surface area contributed by atoms with E-state index in [9.17, 15) is 39.5 Å². The number of benzene rings is 4. The molecule has 10 heteroatoms. The van der Waals surface area contributed by atoms with Gasteiger partial charge in [-0.2, -0.15) is 39.5 Å². The number of hydrogen-bond acceptors (Lipinski definition) is 1. The lowest BCUT2D eigenvalue weighted by atomic mass is 9.93. The third kappa shape index (κ3) is 6.75. The predicted molar refractivity (Wildman–Crippen MR) is 141 cm³/mol. The first-order valence-corrected chi connectivity index (χ1v) is 12.2. The van der Waals surface area contributed by atoms with Gasteiger partial charge in [0.1, 0.15) is 0 Å². The molecule has 0 radical (unpaired) electrons. The number of rotatable bonds is 5. The van der Waals surface area contributed by atoms with Crippen LogP contribution in [0.1, 0.15) is 29.2 Å². The average Bonchev–Trinajstić information content (AvgIpc) is 2.89. The van der Waals surface area contributed by atoms with Crippen molar-refractivity contribution in [2.24, 2.45) is 0 Å². The number of anilines is 3. The van der Waals surface area contributed by atoms with Gasteiger partial charge < -0.3 is 4.90 Å². The number of nitrogens with zero attached hydrogens (tertiary/aromatic N) is 1. The summed E-state index contributed by atoms with van der Waals surface area (Å²) in [5.41, 5.74) is -1.41. The zero-order valence-corrected chi connectivity index (χ0v) is 21.6. The molecular formula is C31H22F9N. The lowest BCUT2D eigenvalue weighted by Crippen LogP contribution is -2.13. The van der Waals surface area contributed by atoms with Crippen molar-refractivity contribution in [3.8, 4) is 11.1 Å². The summed E-state index contributed by atoms with van der Waals surface area (Å²) in [6, 6.07) is 21.2. The Hall–Kier alpha value is -4.21. The Morgan fingerprint density at radius 1 is 0.610 bits per heavy atom. The molecule has 0 aliphatic rings. The Kier molecular flexibility index (Phi) is 7.98. The molecule has 0 N–H and O–H groups in total. The zero-order valence-electron chi connectivity index (χ0n) is 21.6. The summed E-state index contributed by atoms with van der Waals surface area (Å²) in [6.07, 6.45) is -13.4. The summed E-state index contributed by atoms with van der Waals surface area (Å²) in [7, 11) is 0. The van der Waals surface area contributed by atoms with E-state index in [1.165, 1.54) is 24.3 Å². The fraction of sp³-hybridized carbons (Fsp3) is 0.161. The molecule has 0 aliphatic carbocycles. The molecule has 0 atom stereocenters. The van der Waals surface area contributed by atoms with Crippen LogP contribution in [0.4, 0.5) is 56.6 Å². The van der Waals surface area contributed by atoms with Crippen molar-refractivity contribution in [2.75, 3.05) is 4.90 Å². The Balaban J connectivity index is 1.80. The van der Waals surface area contributed by atoms with Gasteiger partial charge >= 0.3 is 18.5 Å². The van der Waals surface area contributed by atoms with E-state index in [0.717, 1.165) is 19.1 Å². The van der Waals surface area contributed by atoms with Crippen molar-refractivity contribution in [3.05, 3.63) is 119 Å². The standard InChI is InChI=1S/C31H22F9N/c1-19-16-25(13-15-26(19)27-14-10-22(30(35,36)37)18-28(27)31(38,39)40)41(23-6-4-3-5-7-23)24-11-8-21(9-12-24)17-20(2)29(32,33)34/h3-18H,1-2H3/b20-17-. The molecule has 0 saturated heterocycles. The van der Waals surface area contributed by atoms with E-state index in [-0.39, 0.29) is 11.6 Å². The van der Waals surface area contributed by atoms with E-state index in [4.69, 9.17) is 0 Å². The highest BCUT2D eigenvalue weighted by atomic mass is 19.4. The summed E-state index contributed by atoms with van der Waals surface area (Å²) in [4.78, 5) is 1.76. The second-order valence-corrected chi connectivity index (χ2v) is 9.34. The first-order chi connectivity index (χ1) is 19.1. The number of allylic oxidation sites excluding steroid dienone is 1. The minimum Gasteiger partial charge on any atom is -0.310 e. The van der Waals surface area contributed by atoms with Crippen LogP contribution >= 0.6 is 0 Å². The predicted octanol–water partition coefficient (Wildman–Crippen LogP) is 11.1. The molecule has 0 unspecified atom stereocenters. The molecule has 0 saturated carbocycles. The lowest BCUT2D eigenvalue weighted by molar-refractivity contribution is -0.142. The molecule has 0 bridgehead atoms. The smallest absolute Gasteiger partial charge is 0.310 e. The van der Waals surface area contributed by atoms with E-state index >= 15 is 0 Å². The van der Waals surface area contributed by atoms with Gasteiger partial charge in [-0.1, -0.05) is 42.5 Å². The van der Waals surface area contributed by atoms with Gasteiger partial charge in [0.25, 0.3) is 0 Å². The molecular weight excluding hydrogens is 557 g/mol. The lowest BCUT2D eigenvalue weighted by Gasteiger charge is -2.26. The van der Waals surface area contributed by atoms with Crippen molar-refractivity contribution in [2.45, 2.75) is 32.4 Å². The van der Waals surface area contributed by atoms with E-state index in [0.29, 0.717) is 34.3 Å². The number of halogens is 9. The Bertz CT molecular complexity index is 1550. The molecule has 0 heterocycles. The van der Waals surface area contributed by atoms with Crippen LogP contribution in [0.15, 0.2) is 96.6 Å². The summed E-state index contributed by atoms with van der Waals surface area (Å²) < 4.78 is 120. The van der Waals surface area contributed by atoms with Gasteiger partial charge in [0.2, 0.25) is 0 Å². The highest BCUT2D eigenvalue weighted by Gasteiger charge is 2.38. The van der Waals surface area contributed by atoms with Crippen LogP contribution in [0.2, 0.25) is 0 Å². The topological polar surface area (TPSA) is 3.24 Å². The zero-order chi connectivity index (χ0) is 30.2. The Labute approximate surface area is 230 Å². The van der Waals surface area contributed by atoms with Crippen LogP contribution in [0.25, 0.3) is 17.2 Å². The quantitative estimate of drug-likeness (QED) is 0.213. The molecule has 4 rings (SSSR count). The van der Waals surface area contributed by atoms with Crippen molar-refractivity contribution >= 4 is 23.1 Å². The Morgan fingerprint density at radius 3 is 1.71 bits per heavy atom. The molecule has 1 nitrogen and oxygen atoms in total. The van der Waals surface area contributed by atoms with Gasteiger partial charge in [0, 0.05) is 22.6 Å². The average molecular weight is 580 g/mol. The minimum absolute atomic E-state index is 0.103. The van der Waals surface area contributed by atoms with Crippen LogP contribution in [0.5, 0.6) is 0 Å². The van der Waals surface area contributed by atoms with Crippen LogP contribution in [-0.2, 0) is 12.4 Å². The van der Waals surface area contributed by atoms with Gasteiger partial charge in [-0.15, -0.1) is 0 Å². The van der Waals surface area contributed by atoms with Gasteiger partial charge in [-0.25, -0.2) is 0 Å². The van der Waals surface area contributed by atoms with Gasteiger partial charge in [-0.05, 0) is 90.7 Å². The van der Waals surface area contributed by atoms with E-state index in [1.807, 2.05) is 0 Å². The van der Waals surface area contributed by atoms with Crippen molar-refractivity contribution in [3.63, 3.8) is 0 Å². The Morgan fingerprint density at radius 2 is 1.17 bits per heavy atom. The van der Waals surface area contributed by atoms with Crippen molar-refractivity contribution in [1.82, 2.24) is 0 Å². The molecule has 0 amide bonds. The molecule has 4 aromatic rings. The van der Waals surface area contributed by atoms with Crippen molar-refractivity contribution < 1.29 is 39.5 Å². The SMILES string of the molecule is C/C(=C/c1ccc(N(c2ccccc2)c2ccc(-c3ccc(C(F)(F)F)cc3C(F)(F)F)c(C)c2)cc1)C(F)(F)F. The highest BCUT2D eigenvalue weighted by Crippen LogP contribution is 2.43. The molecule has 0 aliphatic heterocycles. The van der Waals surface area contributed by atoms with Gasteiger partial charge in [-0.3, -0.25) is 0 Å². The third-order valence-corrected chi connectivity index (χ3v) is 6.41. The monoisotopic (exact) mass is 579 g/mol. The maximum Gasteiger partial charge on any atom is 0.417 e. The number of alkyl halides is 9. The number of aryl methyl sites for hydroxylation is 1. The van der Waals surface area contributed by atoms with Crippen LogP contribution in [0, 0.1) is 6.92 Å². The summed E-state index contributed by atoms with van der Waals surface area (Å²) >= 11 is 0. The minimum atomic E-state index is -5.03.